The minimum Gasteiger partial charge on any atom is -0.395 e. The van der Waals surface area contributed by atoms with Crippen LogP contribution >= 0.6 is 35.0 Å². The molecule has 2 aromatic rings. The molecule has 0 saturated heterocycles. The molecule has 0 aliphatic heterocycles. The summed E-state index contributed by atoms with van der Waals surface area (Å²) in [5.74, 6) is 0.824. The number of fused-ring (bicyclic) bond motifs is 1. The van der Waals surface area contributed by atoms with E-state index in [1.54, 1.807) is 28.4 Å². The van der Waals surface area contributed by atoms with Gasteiger partial charge in [0.15, 0.2) is 10.8 Å². The van der Waals surface area contributed by atoms with Gasteiger partial charge >= 0.3 is 0 Å². The molecule has 0 atom stereocenters. The highest BCUT2D eigenvalue weighted by Crippen LogP contribution is 2.24. The van der Waals surface area contributed by atoms with Crippen molar-refractivity contribution in [1.82, 2.24) is 19.9 Å². The highest BCUT2D eigenvalue weighted by molar-refractivity contribution is 7.99. The number of pyridine rings is 1. The van der Waals surface area contributed by atoms with Crippen LogP contribution in [0.1, 0.15) is 0 Å². The Morgan fingerprint density at radius 3 is 2.94 bits per heavy atom. The van der Waals surface area contributed by atoms with E-state index in [1.165, 1.54) is 0 Å². The highest BCUT2D eigenvalue weighted by Gasteiger charge is 2.09. The zero-order valence-corrected chi connectivity index (χ0v) is 11.8. The lowest BCUT2D eigenvalue weighted by atomic mass is 10.5. The lowest BCUT2D eigenvalue weighted by molar-refractivity contribution is 0.294. The Morgan fingerprint density at radius 2 is 2.17 bits per heavy atom. The third-order valence-corrected chi connectivity index (χ3v) is 3.62. The Labute approximate surface area is 118 Å². The molecule has 0 spiro atoms. The number of aromatic nitrogens is 3. The fourth-order valence-electron chi connectivity index (χ4n) is 1.42. The Balaban J connectivity index is 2.05. The van der Waals surface area contributed by atoms with Crippen LogP contribution in [0, 0.1) is 0 Å². The van der Waals surface area contributed by atoms with Crippen molar-refractivity contribution in [2.75, 3.05) is 25.4 Å². The maximum Gasteiger partial charge on any atom is 0.195 e. The number of aliphatic hydroxyl groups excluding tert-OH is 1. The van der Waals surface area contributed by atoms with E-state index < -0.39 is 0 Å². The summed E-state index contributed by atoms with van der Waals surface area (Å²) < 4.78 is 1.78. The monoisotopic (exact) mass is 306 g/mol. The first-order valence-electron chi connectivity index (χ1n) is 5.36. The number of nitrogens with zero attached hydrogens (tertiary/aromatic N) is 3. The summed E-state index contributed by atoms with van der Waals surface area (Å²) in [5.41, 5.74) is 0.604. The predicted octanol–water partition coefficient (Wildman–Crippen LogP) is 1.71. The number of rotatable bonds is 6. The second-order valence-corrected chi connectivity index (χ2v) is 5.41. The van der Waals surface area contributed by atoms with Crippen LogP contribution in [-0.2, 0) is 0 Å². The zero-order chi connectivity index (χ0) is 13.0. The minimum atomic E-state index is 0.143. The molecule has 0 aromatic carbocycles. The molecular weight excluding hydrogens is 295 g/mol. The lowest BCUT2D eigenvalue weighted by Crippen LogP contribution is -2.20. The molecule has 0 unspecified atom stereocenters. The lowest BCUT2D eigenvalue weighted by Gasteiger charge is -2.02. The average Bonchev–Trinajstić information content (AvgIpc) is 2.72. The van der Waals surface area contributed by atoms with Crippen LogP contribution in [0.25, 0.3) is 5.65 Å². The molecule has 2 aromatic heterocycles. The maximum atomic E-state index is 8.63. The van der Waals surface area contributed by atoms with E-state index in [1.807, 2.05) is 0 Å². The molecule has 5 nitrogen and oxygen atoms in total. The van der Waals surface area contributed by atoms with Crippen molar-refractivity contribution < 1.29 is 5.11 Å². The van der Waals surface area contributed by atoms with Crippen LogP contribution in [0.15, 0.2) is 17.4 Å². The molecular formula is C10H12Cl2N4OS. The van der Waals surface area contributed by atoms with Gasteiger partial charge < -0.3 is 10.4 Å². The van der Waals surface area contributed by atoms with E-state index in [0.717, 1.165) is 17.5 Å². The molecule has 0 aliphatic rings. The van der Waals surface area contributed by atoms with Gasteiger partial charge in [-0.1, -0.05) is 35.0 Å². The zero-order valence-electron chi connectivity index (χ0n) is 9.44. The molecule has 0 aliphatic carbocycles. The van der Waals surface area contributed by atoms with Crippen molar-refractivity contribution >= 4 is 40.6 Å². The largest absolute Gasteiger partial charge is 0.395 e. The van der Waals surface area contributed by atoms with E-state index in [0.29, 0.717) is 22.2 Å². The molecule has 0 amide bonds. The molecule has 0 radical (unpaired) electrons. The molecule has 2 N–H and O–H groups in total. The predicted molar refractivity (Wildman–Crippen MR) is 73.7 cm³/mol. The van der Waals surface area contributed by atoms with Crippen molar-refractivity contribution in [2.24, 2.45) is 0 Å². The summed E-state index contributed by atoms with van der Waals surface area (Å²) in [5, 5.41) is 21.6. The number of halogens is 2. The first kappa shape index (κ1) is 13.9. The van der Waals surface area contributed by atoms with Gasteiger partial charge in [0.1, 0.15) is 0 Å². The third-order valence-electron chi connectivity index (χ3n) is 2.19. The maximum absolute atomic E-state index is 8.63. The van der Waals surface area contributed by atoms with Crippen molar-refractivity contribution in [3.63, 3.8) is 0 Å². The molecule has 0 fully saturated rings. The van der Waals surface area contributed by atoms with Crippen LogP contribution < -0.4 is 5.32 Å². The number of hydrogen-bond donors (Lipinski definition) is 2. The standard InChI is InChI=1S/C10H12Cl2N4OS/c11-7-5-8(12)9-14-15-10(16(9)6-7)18-4-2-13-1-3-17/h5-6,13,17H,1-4H2. The molecule has 2 heterocycles. The summed E-state index contributed by atoms with van der Waals surface area (Å²) in [6.07, 6.45) is 1.74. The van der Waals surface area contributed by atoms with Crippen LogP contribution in [0.4, 0.5) is 0 Å². The second-order valence-electron chi connectivity index (χ2n) is 3.50. The van der Waals surface area contributed by atoms with Gasteiger partial charge in [0, 0.05) is 25.0 Å². The SMILES string of the molecule is OCCNCCSc1nnc2c(Cl)cc(Cl)cn12. The number of thioether (sulfide) groups is 1. The van der Waals surface area contributed by atoms with E-state index >= 15 is 0 Å². The van der Waals surface area contributed by atoms with Gasteiger partial charge in [-0.15, -0.1) is 10.2 Å². The fraction of sp³-hybridized carbons (Fsp3) is 0.400. The summed E-state index contributed by atoms with van der Waals surface area (Å²) >= 11 is 13.5. The normalized spacial score (nSPS) is 11.3. The minimum absolute atomic E-state index is 0.143. The molecule has 2 rings (SSSR count). The van der Waals surface area contributed by atoms with Gasteiger partial charge in [-0.2, -0.15) is 0 Å². The van der Waals surface area contributed by atoms with Crippen LogP contribution in [0.3, 0.4) is 0 Å². The fourth-order valence-corrected chi connectivity index (χ4v) is 2.73. The van der Waals surface area contributed by atoms with Gasteiger partial charge in [-0.3, -0.25) is 4.40 Å². The summed E-state index contributed by atoms with van der Waals surface area (Å²) in [6.45, 7) is 1.52. The molecule has 98 valence electrons. The Hall–Kier alpha value is -0.530. The number of hydrogen-bond acceptors (Lipinski definition) is 5. The van der Waals surface area contributed by atoms with Gasteiger partial charge in [-0.25, -0.2) is 0 Å². The average molecular weight is 307 g/mol. The highest BCUT2D eigenvalue weighted by atomic mass is 35.5. The third kappa shape index (κ3) is 3.27. The van der Waals surface area contributed by atoms with Gasteiger partial charge in [0.05, 0.1) is 16.7 Å². The Bertz CT molecular complexity index is 534. The number of aliphatic hydroxyl groups is 1. The van der Waals surface area contributed by atoms with Crippen molar-refractivity contribution in [1.29, 1.82) is 0 Å². The van der Waals surface area contributed by atoms with Crippen LogP contribution in [0.2, 0.25) is 10.0 Å². The van der Waals surface area contributed by atoms with Crippen molar-refractivity contribution in [3.8, 4) is 0 Å². The topological polar surface area (TPSA) is 62.5 Å². The van der Waals surface area contributed by atoms with Crippen molar-refractivity contribution in [2.45, 2.75) is 5.16 Å². The summed E-state index contributed by atoms with van der Waals surface area (Å²) in [6, 6.07) is 1.64. The van der Waals surface area contributed by atoms with E-state index in [4.69, 9.17) is 28.3 Å². The summed E-state index contributed by atoms with van der Waals surface area (Å²) in [7, 11) is 0. The smallest absolute Gasteiger partial charge is 0.195 e. The quantitative estimate of drug-likeness (QED) is 0.628. The van der Waals surface area contributed by atoms with Crippen molar-refractivity contribution in [3.05, 3.63) is 22.3 Å². The first-order chi connectivity index (χ1) is 8.72. The van der Waals surface area contributed by atoms with E-state index in [9.17, 15) is 0 Å². The molecule has 0 saturated carbocycles. The molecule has 0 bridgehead atoms. The molecule has 8 heteroatoms. The second kappa shape index (κ2) is 6.58. The van der Waals surface area contributed by atoms with Gasteiger partial charge in [0.25, 0.3) is 0 Å². The Kier molecular flexibility index (Phi) is 5.08. The Morgan fingerprint density at radius 1 is 1.33 bits per heavy atom. The van der Waals surface area contributed by atoms with Gasteiger partial charge in [-0.05, 0) is 6.07 Å². The number of nitrogens with one attached hydrogen (secondary N) is 1. The van der Waals surface area contributed by atoms with Gasteiger partial charge in [0.2, 0.25) is 0 Å². The van der Waals surface area contributed by atoms with E-state index in [2.05, 4.69) is 15.5 Å². The molecule has 18 heavy (non-hydrogen) atoms. The van der Waals surface area contributed by atoms with Crippen LogP contribution in [0.5, 0.6) is 0 Å². The first-order valence-corrected chi connectivity index (χ1v) is 7.10. The van der Waals surface area contributed by atoms with E-state index in [-0.39, 0.29) is 6.61 Å². The van der Waals surface area contributed by atoms with Crippen LogP contribution in [-0.4, -0.2) is 45.2 Å². The summed E-state index contributed by atoms with van der Waals surface area (Å²) in [4.78, 5) is 0.